The van der Waals surface area contributed by atoms with Crippen LogP contribution in [0.3, 0.4) is 0 Å². The SMILES string of the molecule is CCCO[Si](Cl)(OCCC)Oc1ccccc1. The van der Waals surface area contributed by atoms with Gasteiger partial charge in [0.2, 0.25) is 0 Å². The predicted octanol–water partition coefficient (Wildman–Crippen LogP) is 3.59. The lowest BCUT2D eigenvalue weighted by atomic mass is 10.3. The second kappa shape index (κ2) is 7.71. The van der Waals surface area contributed by atoms with E-state index in [4.69, 9.17) is 24.4 Å². The van der Waals surface area contributed by atoms with Crippen molar-refractivity contribution in [2.24, 2.45) is 0 Å². The molecule has 0 aromatic heterocycles. The van der Waals surface area contributed by atoms with E-state index in [0.29, 0.717) is 19.0 Å². The molecule has 0 aliphatic carbocycles. The molecule has 1 aromatic rings. The van der Waals surface area contributed by atoms with Gasteiger partial charge in [-0.1, -0.05) is 43.1 Å². The van der Waals surface area contributed by atoms with Crippen LogP contribution in [0.5, 0.6) is 5.75 Å². The number of hydrogen-bond acceptors (Lipinski definition) is 3. The fourth-order valence-electron chi connectivity index (χ4n) is 1.18. The van der Waals surface area contributed by atoms with Gasteiger partial charge in [-0.05, 0) is 25.0 Å². The van der Waals surface area contributed by atoms with Crippen molar-refractivity contribution in [2.45, 2.75) is 26.7 Å². The first-order valence-corrected chi connectivity index (χ1v) is 8.64. The maximum Gasteiger partial charge on any atom is 0.680 e. The van der Waals surface area contributed by atoms with Gasteiger partial charge in [0.25, 0.3) is 0 Å². The second-order valence-corrected chi connectivity index (χ2v) is 6.73. The minimum atomic E-state index is -3.06. The maximum atomic E-state index is 6.30. The molecular weight excluding hydrogens is 256 g/mol. The highest BCUT2D eigenvalue weighted by molar-refractivity contribution is 7.09. The lowest BCUT2D eigenvalue weighted by molar-refractivity contribution is 0.128. The average Bonchev–Trinajstić information content (AvgIpc) is 2.35. The molecule has 0 atom stereocenters. The van der Waals surface area contributed by atoms with Crippen molar-refractivity contribution >= 4 is 19.2 Å². The molecule has 0 aliphatic rings. The summed E-state index contributed by atoms with van der Waals surface area (Å²) in [7, 11) is -3.06. The third-order valence-corrected chi connectivity index (χ3v) is 4.40. The molecule has 0 aliphatic heterocycles. The quantitative estimate of drug-likeness (QED) is 0.536. The van der Waals surface area contributed by atoms with E-state index in [1.54, 1.807) is 0 Å². The summed E-state index contributed by atoms with van der Waals surface area (Å²) in [5, 5.41) is 0. The third-order valence-electron chi connectivity index (χ3n) is 1.94. The molecule has 96 valence electrons. The largest absolute Gasteiger partial charge is 0.680 e. The Kier molecular flexibility index (Phi) is 6.58. The van der Waals surface area contributed by atoms with Crippen LogP contribution < -0.4 is 4.43 Å². The summed E-state index contributed by atoms with van der Waals surface area (Å²) in [4.78, 5) is 0. The molecule has 17 heavy (non-hydrogen) atoms. The molecule has 3 nitrogen and oxygen atoms in total. The summed E-state index contributed by atoms with van der Waals surface area (Å²) in [6.07, 6.45) is 1.77. The maximum absolute atomic E-state index is 6.30. The molecule has 5 heteroatoms. The molecule has 0 radical (unpaired) electrons. The first-order chi connectivity index (χ1) is 8.20. The molecule has 0 saturated heterocycles. The Morgan fingerprint density at radius 2 is 1.53 bits per heavy atom. The molecule has 0 fully saturated rings. The fourth-order valence-corrected chi connectivity index (χ4v) is 3.42. The van der Waals surface area contributed by atoms with Crippen LogP contribution in [-0.2, 0) is 8.85 Å². The Morgan fingerprint density at radius 1 is 1.00 bits per heavy atom. The summed E-state index contributed by atoms with van der Waals surface area (Å²) in [6, 6.07) is 9.38. The number of rotatable bonds is 8. The monoisotopic (exact) mass is 274 g/mol. The van der Waals surface area contributed by atoms with Crippen molar-refractivity contribution in [1.29, 1.82) is 0 Å². The standard InChI is InChI=1S/C12H19ClO3Si/c1-3-10-14-17(13,15-11-4-2)16-12-8-6-5-7-9-12/h5-9H,3-4,10-11H2,1-2H3. The minimum absolute atomic E-state index is 0.548. The van der Waals surface area contributed by atoms with Crippen LogP contribution in [0.15, 0.2) is 30.3 Å². The summed E-state index contributed by atoms with van der Waals surface area (Å²) < 4.78 is 16.8. The highest BCUT2D eigenvalue weighted by Crippen LogP contribution is 2.21. The van der Waals surface area contributed by atoms with Gasteiger partial charge in [0, 0.05) is 13.2 Å². The Morgan fingerprint density at radius 3 is 2.00 bits per heavy atom. The Hall–Kier alpha value is -0.553. The normalized spacial score (nSPS) is 11.5. The fraction of sp³-hybridized carbons (Fsp3) is 0.500. The number of halogens is 1. The molecule has 0 amide bonds. The van der Waals surface area contributed by atoms with Gasteiger partial charge in [0.15, 0.2) is 0 Å². The summed E-state index contributed by atoms with van der Waals surface area (Å²) in [6.45, 7) is 5.14. The van der Waals surface area contributed by atoms with Crippen molar-refractivity contribution in [3.8, 4) is 5.75 Å². The van der Waals surface area contributed by atoms with Gasteiger partial charge in [-0.25, -0.2) is 0 Å². The van der Waals surface area contributed by atoms with Crippen LogP contribution in [-0.4, -0.2) is 21.3 Å². The van der Waals surface area contributed by atoms with E-state index in [1.165, 1.54) is 0 Å². The van der Waals surface area contributed by atoms with Crippen molar-refractivity contribution in [2.75, 3.05) is 13.2 Å². The molecule has 0 N–H and O–H groups in total. The van der Waals surface area contributed by atoms with Crippen molar-refractivity contribution in [3.63, 3.8) is 0 Å². The van der Waals surface area contributed by atoms with Gasteiger partial charge < -0.3 is 13.3 Å². The van der Waals surface area contributed by atoms with Gasteiger partial charge in [-0.2, -0.15) is 0 Å². The summed E-state index contributed by atoms with van der Waals surface area (Å²) in [5.41, 5.74) is 0. The van der Waals surface area contributed by atoms with E-state index in [-0.39, 0.29) is 0 Å². The second-order valence-electron chi connectivity index (χ2n) is 3.59. The van der Waals surface area contributed by atoms with Crippen LogP contribution in [0.1, 0.15) is 26.7 Å². The van der Waals surface area contributed by atoms with E-state index in [0.717, 1.165) is 12.8 Å². The number of benzene rings is 1. The molecule has 0 bridgehead atoms. The molecule has 0 unspecified atom stereocenters. The Balaban J connectivity index is 2.61. The van der Waals surface area contributed by atoms with E-state index < -0.39 is 8.11 Å². The van der Waals surface area contributed by atoms with Crippen LogP contribution in [0, 0.1) is 0 Å². The zero-order valence-corrected chi connectivity index (χ0v) is 12.1. The molecule has 1 aromatic carbocycles. The van der Waals surface area contributed by atoms with Gasteiger partial charge in [0.1, 0.15) is 5.75 Å². The third kappa shape index (κ3) is 5.54. The lowest BCUT2D eigenvalue weighted by Crippen LogP contribution is -2.43. The Bertz CT molecular complexity index is 300. The topological polar surface area (TPSA) is 27.7 Å². The zero-order chi connectivity index (χ0) is 12.6. The smallest absolute Gasteiger partial charge is 0.490 e. The van der Waals surface area contributed by atoms with E-state index in [9.17, 15) is 0 Å². The van der Waals surface area contributed by atoms with E-state index >= 15 is 0 Å². The number of para-hydroxylation sites is 1. The van der Waals surface area contributed by atoms with Crippen LogP contribution in [0.4, 0.5) is 0 Å². The van der Waals surface area contributed by atoms with Crippen LogP contribution >= 0.6 is 11.1 Å². The number of hydrogen-bond donors (Lipinski definition) is 0. The van der Waals surface area contributed by atoms with Gasteiger partial charge in [0.05, 0.1) is 0 Å². The minimum Gasteiger partial charge on any atom is -0.490 e. The lowest BCUT2D eigenvalue weighted by Gasteiger charge is -2.23. The highest BCUT2D eigenvalue weighted by atomic mass is 35.6. The van der Waals surface area contributed by atoms with Gasteiger partial charge in [-0.15, -0.1) is 0 Å². The van der Waals surface area contributed by atoms with E-state index in [1.807, 2.05) is 44.2 Å². The summed E-state index contributed by atoms with van der Waals surface area (Å²) >= 11 is 6.30. The molecule has 0 heterocycles. The summed E-state index contributed by atoms with van der Waals surface area (Å²) in [5.74, 6) is 0.682. The van der Waals surface area contributed by atoms with E-state index in [2.05, 4.69) is 0 Å². The highest BCUT2D eigenvalue weighted by Gasteiger charge is 2.42. The predicted molar refractivity (Wildman–Crippen MR) is 71.2 cm³/mol. The molecular formula is C12H19ClO3Si. The molecule has 0 saturated carbocycles. The Labute approximate surface area is 109 Å². The first kappa shape index (κ1) is 14.5. The van der Waals surface area contributed by atoms with Crippen molar-refractivity contribution in [3.05, 3.63) is 30.3 Å². The van der Waals surface area contributed by atoms with Gasteiger partial charge >= 0.3 is 8.11 Å². The van der Waals surface area contributed by atoms with Crippen LogP contribution in [0.2, 0.25) is 0 Å². The van der Waals surface area contributed by atoms with Crippen molar-refractivity contribution < 1.29 is 13.3 Å². The average molecular weight is 275 g/mol. The van der Waals surface area contributed by atoms with Gasteiger partial charge in [-0.3, -0.25) is 0 Å². The first-order valence-electron chi connectivity index (χ1n) is 5.91. The zero-order valence-electron chi connectivity index (χ0n) is 10.3. The molecule has 1 rings (SSSR count). The van der Waals surface area contributed by atoms with Crippen LogP contribution in [0.25, 0.3) is 0 Å². The van der Waals surface area contributed by atoms with Crippen molar-refractivity contribution in [1.82, 2.24) is 0 Å². The molecule has 0 spiro atoms.